The highest BCUT2D eigenvalue weighted by Gasteiger charge is 2.30. The number of anilines is 1. The molecule has 1 aromatic carbocycles. The number of nitrogens with zero attached hydrogens (tertiary/aromatic N) is 3. The summed E-state index contributed by atoms with van der Waals surface area (Å²) in [5, 5.41) is 17.5. The Morgan fingerprint density at radius 2 is 2.04 bits per heavy atom. The van der Waals surface area contributed by atoms with Gasteiger partial charge in [0.05, 0.1) is 17.5 Å². The minimum atomic E-state index is -0.686. The summed E-state index contributed by atoms with van der Waals surface area (Å²) in [4.78, 5) is 26.6. The number of hydrogen-bond donors (Lipinski definition) is 2. The van der Waals surface area contributed by atoms with Gasteiger partial charge in [-0.05, 0) is 31.0 Å². The van der Waals surface area contributed by atoms with Crippen molar-refractivity contribution < 1.29 is 14.7 Å². The predicted molar refractivity (Wildman–Crippen MR) is 104 cm³/mol. The monoisotopic (exact) mass is 406 g/mol. The van der Waals surface area contributed by atoms with Crippen molar-refractivity contribution in [2.45, 2.75) is 30.5 Å². The van der Waals surface area contributed by atoms with Crippen LogP contribution in [-0.4, -0.2) is 50.8 Å². The van der Waals surface area contributed by atoms with E-state index in [1.807, 2.05) is 12.1 Å². The summed E-state index contributed by atoms with van der Waals surface area (Å²) in [6, 6.07) is 7.20. The third kappa shape index (κ3) is 3.69. The fourth-order valence-electron chi connectivity index (χ4n) is 3.31. The zero-order chi connectivity index (χ0) is 19.0. The van der Waals surface area contributed by atoms with E-state index >= 15 is 0 Å². The number of hydrogen-bond acceptors (Lipinski definition) is 5. The van der Waals surface area contributed by atoms with Crippen LogP contribution >= 0.6 is 23.4 Å². The Bertz CT molecular complexity index is 893. The highest BCUT2D eigenvalue weighted by atomic mass is 35.5. The van der Waals surface area contributed by atoms with Gasteiger partial charge in [0, 0.05) is 35.2 Å². The second kappa shape index (κ2) is 7.53. The molecule has 9 heteroatoms. The molecule has 2 amide bonds. The molecule has 3 heterocycles. The quantitative estimate of drug-likeness (QED) is 0.746. The molecule has 142 valence electrons. The van der Waals surface area contributed by atoms with E-state index in [0.29, 0.717) is 36.8 Å². The maximum absolute atomic E-state index is 12.6. The van der Waals surface area contributed by atoms with Crippen LogP contribution in [-0.2, 0) is 21.1 Å². The molecule has 0 radical (unpaired) electrons. The molecule has 1 fully saturated rings. The summed E-state index contributed by atoms with van der Waals surface area (Å²) in [6.45, 7) is 0.768. The molecule has 1 aromatic heterocycles. The molecule has 2 aliphatic heterocycles. The normalized spacial score (nSPS) is 17.0. The van der Waals surface area contributed by atoms with Crippen molar-refractivity contribution in [1.82, 2.24) is 14.7 Å². The number of aliphatic hydroxyl groups is 1. The van der Waals surface area contributed by atoms with E-state index < -0.39 is 17.9 Å². The Morgan fingerprint density at radius 1 is 1.26 bits per heavy atom. The molecule has 0 aliphatic carbocycles. The number of fused-ring (bicyclic) bond motifs is 1. The third-order valence-corrected chi connectivity index (χ3v) is 5.99. The molecular formula is C18H19ClN4O3S. The first-order valence-corrected chi connectivity index (χ1v) is 10.3. The van der Waals surface area contributed by atoms with Gasteiger partial charge >= 0.3 is 11.8 Å². The smallest absolute Gasteiger partial charge is 0.315 e. The Labute approximate surface area is 165 Å². The molecule has 1 saturated heterocycles. The standard InChI is InChI=1S/C18H19ClN4O3S/c19-11-2-1-3-12(8-11)23-16(14-9-27-10-15(14)21-23)20-17(25)18(26)22-6-4-13(24)5-7-22/h1-3,8,13,24H,4-7,9-10H2,(H,20,25). The van der Waals surface area contributed by atoms with E-state index in [0.717, 1.165) is 28.5 Å². The topological polar surface area (TPSA) is 87.5 Å². The molecule has 0 unspecified atom stereocenters. The third-order valence-electron chi connectivity index (χ3n) is 4.78. The van der Waals surface area contributed by atoms with Crippen molar-refractivity contribution >= 4 is 41.0 Å². The minimum absolute atomic E-state index is 0.384. The number of aromatic nitrogens is 2. The predicted octanol–water partition coefficient (Wildman–Crippen LogP) is 2.19. The lowest BCUT2D eigenvalue weighted by molar-refractivity contribution is -0.144. The average Bonchev–Trinajstić information content (AvgIpc) is 3.24. The Balaban J connectivity index is 1.60. The molecule has 0 spiro atoms. The van der Waals surface area contributed by atoms with E-state index in [1.54, 1.807) is 28.6 Å². The van der Waals surface area contributed by atoms with Gasteiger partial charge in [0.2, 0.25) is 0 Å². The molecule has 27 heavy (non-hydrogen) atoms. The van der Waals surface area contributed by atoms with Gasteiger partial charge in [-0.3, -0.25) is 9.59 Å². The van der Waals surface area contributed by atoms with E-state index in [-0.39, 0.29) is 0 Å². The summed E-state index contributed by atoms with van der Waals surface area (Å²) in [5.74, 6) is 0.751. The fraction of sp³-hybridized carbons (Fsp3) is 0.389. The molecule has 0 bridgehead atoms. The summed E-state index contributed by atoms with van der Waals surface area (Å²) < 4.78 is 1.64. The number of halogens is 1. The van der Waals surface area contributed by atoms with Crippen LogP contribution in [0.15, 0.2) is 24.3 Å². The molecule has 0 saturated carbocycles. The molecular weight excluding hydrogens is 388 g/mol. The van der Waals surface area contributed by atoms with Crippen molar-refractivity contribution in [3.63, 3.8) is 0 Å². The Hall–Kier alpha value is -2.03. The Kier molecular flexibility index (Phi) is 5.12. The number of benzene rings is 1. The van der Waals surface area contributed by atoms with Gasteiger partial charge in [-0.25, -0.2) is 4.68 Å². The number of aliphatic hydroxyl groups excluding tert-OH is 1. The van der Waals surface area contributed by atoms with E-state index in [2.05, 4.69) is 10.4 Å². The van der Waals surface area contributed by atoms with Gasteiger partial charge in [-0.2, -0.15) is 16.9 Å². The van der Waals surface area contributed by atoms with Crippen LogP contribution in [0.5, 0.6) is 0 Å². The molecule has 4 rings (SSSR count). The number of rotatable bonds is 2. The molecule has 7 nitrogen and oxygen atoms in total. The van der Waals surface area contributed by atoms with Gasteiger partial charge in [0.15, 0.2) is 0 Å². The first-order valence-electron chi connectivity index (χ1n) is 8.75. The lowest BCUT2D eigenvalue weighted by Gasteiger charge is -2.29. The van der Waals surface area contributed by atoms with Crippen LogP contribution in [0.4, 0.5) is 5.82 Å². The lowest BCUT2D eigenvalue weighted by Crippen LogP contribution is -2.45. The number of carbonyl (C=O) groups excluding carboxylic acids is 2. The first-order chi connectivity index (χ1) is 13.0. The highest BCUT2D eigenvalue weighted by Crippen LogP contribution is 2.36. The van der Waals surface area contributed by atoms with Gasteiger partial charge < -0.3 is 15.3 Å². The molecule has 2 aliphatic rings. The van der Waals surface area contributed by atoms with Crippen LogP contribution in [0.3, 0.4) is 0 Å². The number of nitrogens with one attached hydrogen (secondary N) is 1. The number of amides is 2. The van der Waals surface area contributed by atoms with Crippen molar-refractivity contribution in [2.24, 2.45) is 0 Å². The molecule has 2 aromatic rings. The van der Waals surface area contributed by atoms with Gasteiger partial charge in [-0.1, -0.05) is 17.7 Å². The second-order valence-corrected chi connectivity index (χ2v) is 8.06. The zero-order valence-corrected chi connectivity index (χ0v) is 16.1. The number of piperidine rings is 1. The van der Waals surface area contributed by atoms with Crippen molar-refractivity contribution in [3.05, 3.63) is 40.5 Å². The van der Waals surface area contributed by atoms with E-state index in [4.69, 9.17) is 11.6 Å². The summed E-state index contributed by atoms with van der Waals surface area (Å²) in [5.41, 5.74) is 2.57. The van der Waals surface area contributed by atoms with Gasteiger partial charge in [0.25, 0.3) is 0 Å². The van der Waals surface area contributed by atoms with Gasteiger partial charge in [0.1, 0.15) is 5.82 Å². The SMILES string of the molecule is O=C(Nc1c2c(nn1-c1cccc(Cl)c1)CSC2)C(=O)N1CCC(O)CC1. The number of thioether (sulfide) groups is 1. The Morgan fingerprint density at radius 3 is 2.78 bits per heavy atom. The minimum Gasteiger partial charge on any atom is -0.393 e. The van der Waals surface area contributed by atoms with Crippen LogP contribution in [0.25, 0.3) is 5.69 Å². The summed E-state index contributed by atoms with van der Waals surface area (Å²) in [7, 11) is 0. The van der Waals surface area contributed by atoms with Crippen LogP contribution in [0, 0.1) is 0 Å². The first kappa shape index (κ1) is 18.3. The van der Waals surface area contributed by atoms with E-state index in [1.165, 1.54) is 4.90 Å². The largest absolute Gasteiger partial charge is 0.393 e. The number of likely N-dealkylation sites (tertiary alicyclic amines) is 1. The van der Waals surface area contributed by atoms with E-state index in [9.17, 15) is 14.7 Å². The van der Waals surface area contributed by atoms with Crippen molar-refractivity contribution in [2.75, 3.05) is 18.4 Å². The van der Waals surface area contributed by atoms with Crippen LogP contribution < -0.4 is 5.32 Å². The maximum Gasteiger partial charge on any atom is 0.315 e. The summed E-state index contributed by atoms with van der Waals surface area (Å²) in [6.07, 6.45) is 0.582. The lowest BCUT2D eigenvalue weighted by atomic mass is 10.1. The van der Waals surface area contributed by atoms with Crippen LogP contribution in [0.2, 0.25) is 5.02 Å². The number of carbonyl (C=O) groups is 2. The summed E-state index contributed by atoms with van der Waals surface area (Å²) >= 11 is 7.82. The second-order valence-electron chi connectivity index (χ2n) is 6.64. The zero-order valence-electron chi connectivity index (χ0n) is 14.5. The van der Waals surface area contributed by atoms with Crippen molar-refractivity contribution in [3.8, 4) is 5.69 Å². The maximum atomic E-state index is 12.6. The van der Waals surface area contributed by atoms with Crippen LogP contribution in [0.1, 0.15) is 24.1 Å². The molecule has 0 atom stereocenters. The molecule has 2 N–H and O–H groups in total. The fourth-order valence-corrected chi connectivity index (χ4v) is 4.53. The average molecular weight is 407 g/mol. The van der Waals surface area contributed by atoms with Gasteiger partial charge in [-0.15, -0.1) is 0 Å². The van der Waals surface area contributed by atoms with Crippen molar-refractivity contribution in [1.29, 1.82) is 0 Å². The highest BCUT2D eigenvalue weighted by molar-refractivity contribution is 7.98.